The molecule has 0 saturated heterocycles. The van der Waals surface area contributed by atoms with Gasteiger partial charge in [0.05, 0.1) is 17.7 Å². The monoisotopic (exact) mass is 425 g/mol. The van der Waals surface area contributed by atoms with Gasteiger partial charge >= 0.3 is 0 Å². The third-order valence-corrected chi connectivity index (χ3v) is 6.24. The molecule has 3 rings (SSSR count). The number of aromatic nitrogens is 1. The average Bonchev–Trinajstić information content (AvgIpc) is 2.77. The summed E-state index contributed by atoms with van der Waals surface area (Å²) in [4.78, 5) is 16.7. The van der Waals surface area contributed by atoms with Crippen molar-refractivity contribution in [1.29, 1.82) is 0 Å². The number of nitrogens with zero attached hydrogens (tertiary/aromatic N) is 2. The summed E-state index contributed by atoms with van der Waals surface area (Å²) in [6.45, 7) is 1.76. The second-order valence-corrected chi connectivity index (χ2v) is 8.53. The number of pyridine rings is 1. The van der Waals surface area contributed by atoms with E-state index in [4.69, 9.17) is 4.74 Å². The summed E-state index contributed by atoms with van der Waals surface area (Å²) in [5.74, 6) is 0.0599. The molecule has 1 aromatic heterocycles. The van der Waals surface area contributed by atoms with Crippen LogP contribution in [0.1, 0.15) is 11.1 Å². The summed E-state index contributed by atoms with van der Waals surface area (Å²) in [7, 11) is -2.47. The third kappa shape index (κ3) is 5.15. The Bertz CT molecular complexity index is 1100. The molecule has 1 heterocycles. The van der Waals surface area contributed by atoms with Gasteiger partial charge in [0.15, 0.2) is 0 Å². The number of nitrogens with one attached hydrogen (secondary N) is 1. The fourth-order valence-corrected chi connectivity index (χ4v) is 4.22. The van der Waals surface area contributed by atoms with E-state index < -0.39 is 15.9 Å². The van der Waals surface area contributed by atoms with Crippen LogP contribution in [0, 0.1) is 6.92 Å². The maximum atomic E-state index is 13.3. The van der Waals surface area contributed by atoms with Crippen LogP contribution in [0.5, 0.6) is 5.75 Å². The number of ether oxygens (including phenoxy) is 1. The largest absolute Gasteiger partial charge is 0.497 e. The molecule has 1 N–H and O–H groups in total. The van der Waals surface area contributed by atoms with E-state index in [1.54, 1.807) is 54.9 Å². The van der Waals surface area contributed by atoms with Gasteiger partial charge in [0.25, 0.3) is 10.0 Å². The van der Waals surface area contributed by atoms with Crippen molar-refractivity contribution < 1.29 is 17.9 Å². The number of hydrogen-bond acceptors (Lipinski definition) is 5. The van der Waals surface area contributed by atoms with Crippen LogP contribution in [0.4, 0.5) is 5.69 Å². The molecular weight excluding hydrogens is 402 g/mol. The van der Waals surface area contributed by atoms with E-state index in [2.05, 4.69) is 10.3 Å². The van der Waals surface area contributed by atoms with E-state index in [-0.39, 0.29) is 18.0 Å². The Labute approximate surface area is 176 Å². The molecule has 0 atom stereocenters. The van der Waals surface area contributed by atoms with Crippen LogP contribution in [-0.2, 0) is 21.4 Å². The maximum absolute atomic E-state index is 13.3. The number of carbonyl (C=O) groups excluding carboxylic acids is 1. The lowest BCUT2D eigenvalue weighted by Gasteiger charge is -2.24. The van der Waals surface area contributed by atoms with E-state index in [9.17, 15) is 13.2 Å². The van der Waals surface area contributed by atoms with Crippen molar-refractivity contribution in [2.75, 3.05) is 18.0 Å². The Kier molecular flexibility index (Phi) is 6.68. The van der Waals surface area contributed by atoms with E-state index >= 15 is 0 Å². The molecule has 30 heavy (non-hydrogen) atoms. The molecule has 0 radical (unpaired) electrons. The number of amides is 1. The molecule has 0 bridgehead atoms. The van der Waals surface area contributed by atoms with Crippen LogP contribution in [0.25, 0.3) is 0 Å². The van der Waals surface area contributed by atoms with Crippen molar-refractivity contribution in [2.24, 2.45) is 0 Å². The molecule has 7 nitrogen and oxygen atoms in total. The molecule has 1 amide bonds. The second-order valence-electron chi connectivity index (χ2n) is 6.66. The van der Waals surface area contributed by atoms with Gasteiger partial charge in [-0.3, -0.25) is 14.1 Å². The van der Waals surface area contributed by atoms with E-state index in [1.807, 2.05) is 13.0 Å². The summed E-state index contributed by atoms with van der Waals surface area (Å²) in [6.07, 6.45) is 3.28. The molecule has 0 aliphatic carbocycles. The average molecular weight is 426 g/mol. The summed E-state index contributed by atoms with van der Waals surface area (Å²) in [5, 5.41) is 2.74. The second kappa shape index (κ2) is 9.41. The summed E-state index contributed by atoms with van der Waals surface area (Å²) >= 11 is 0. The summed E-state index contributed by atoms with van der Waals surface area (Å²) in [5.41, 5.74) is 2.10. The lowest BCUT2D eigenvalue weighted by Crippen LogP contribution is -2.40. The zero-order valence-corrected chi connectivity index (χ0v) is 17.6. The summed E-state index contributed by atoms with van der Waals surface area (Å²) in [6, 6.07) is 16.7. The van der Waals surface area contributed by atoms with Crippen LogP contribution in [0.3, 0.4) is 0 Å². The zero-order chi connectivity index (χ0) is 21.6. The number of sulfonamides is 1. The molecule has 0 aliphatic rings. The molecule has 0 saturated carbocycles. The van der Waals surface area contributed by atoms with Crippen molar-refractivity contribution in [3.63, 3.8) is 0 Å². The van der Waals surface area contributed by atoms with Crippen LogP contribution in [0.2, 0.25) is 0 Å². The third-order valence-electron chi connectivity index (χ3n) is 4.45. The molecule has 3 aromatic rings. The van der Waals surface area contributed by atoms with Gasteiger partial charge in [-0.2, -0.15) is 0 Å². The number of benzene rings is 2. The maximum Gasteiger partial charge on any atom is 0.264 e. The highest BCUT2D eigenvalue weighted by Crippen LogP contribution is 2.27. The Morgan fingerprint density at radius 2 is 1.87 bits per heavy atom. The first-order valence-electron chi connectivity index (χ1n) is 9.29. The minimum Gasteiger partial charge on any atom is -0.497 e. The van der Waals surface area contributed by atoms with Gasteiger partial charge in [-0.1, -0.05) is 29.8 Å². The van der Waals surface area contributed by atoms with Gasteiger partial charge < -0.3 is 10.1 Å². The number of carbonyl (C=O) groups is 1. The van der Waals surface area contributed by atoms with Gasteiger partial charge in [0.2, 0.25) is 5.91 Å². The number of anilines is 1. The molecule has 8 heteroatoms. The normalized spacial score (nSPS) is 11.0. The minimum absolute atomic E-state index is 0.107. The van der Waals surface area contributed by atoms with Crippen molar-refractivity contribution in [3.8, 4) is 5.75 Å². The smallest absolute Gasteiger partial charge is 0.264 e. The Balaban J connectivity index is 1.89. The van der Waals surface area contributed by atoms with E-state index in [0.717, 1.165) is 15.4 Å². The van der Waals surface area contributed by atoms with Gasteiger partial charge in [-0.25, -0.2) is 8.42 Å². The highest BCUT2D eigenvalue weighted by molar-refractivity contribution is 7.92. The number of rotatable bonds is 8. The van der Waals surface area contributed by atoms with Gasteiger partial charge in [0.1, 0.15) is 12.3 Å². The van der Waals surface area contributed by atoms with Gasteiger partial charge in [-0.15, -0.1) is 0 Å². The molecule has 0 unspecified atom stereocenters. The quantitative estimate of drug-likeness (QED) is 0.600. The lowest BCUT2D eigenvalue weighted by molar-refractivity contribution is -0.119. The zero-order valence-electron chi connectivity index (χ0n) is 16.8. The van der Waals surface area contributed by atoms with Crippen molar-refractivity contribution >= 4 is 21.6 Å². The Morgan fingerprint density at radius 3 is 2.53 bits per heavy atom. The fourth-order valence-electron chi connectivity index (χ4n) is 2.81. The first-order chi connectivity index (χ1) is 14.4. The van der Waals surface area contributed by atoms with Gasteiger partial charge in [-0.05, 0) is 42.8 Å². The number of methoxy groups -OCH3 is 1. The van der Waals surface area contributed by atoms with E-state index in [1.165, 1.54) is 19.2 Å². The van der Waals surface area contributed by atoms with Crippen LogP contribution in [0.15, 0.2) is 78.0 Å². The highest BCUT2D eigenvalue weighted by Gasteiger charge is 2.27. The summed E-state index contributed by atoms with van der Waals surface area (Å²) < 4.78 is 33.0. The Morgan fingerprint density at radius 1 is 1.10 bits per heavy atom. The first kappa shape index (κ1) is 21.3. The fraction of sp³-hybridized carbons (Fsp3) is 0.182. The molecule has 0 aliphatic heterocycles. The van der Waals surface area contributed by atoms with E-state index in [0.29, 0.717) is 11.4 Å². The first-order valence-corrected chi connectivity index (χ1v) is 10.7. The van der Waals surface area contributed by atoms with Crippen LogP contribution >= 0.6 is 0 Å². The van der Waals surface area contributed by atoms with Crippen LogP contribution < -0.4 is 14.4 Å². The topological polar surface area (TPSA) is 88.6 Å². The standard InChI is InChI=1S/C22H23N3O4S/c1-17-8-10-21(11-9-17)30(27,28)25(19-6-3-7-20(13-19)29-2)16-22(26)24-15-18-5-4-12-23-14-18/h3-14H,15-16H2,1-2H3,(H,24,26). The minimum atomic E-state index is -3.97. The highest BCUT2D eigenvalue weighted by atomic mass is 32.2. The molecule has 0 fully saturated rings. The lowest BCUT2D eigenvalue weighted by atomic mass is 10.2. The molecule has 2 aromatic carbocycles. The van der Waals surface area contributed by atoms with Crippen molar-refractivity contribution in [1.82, 2.24) is 10.3 Å². The molecular formula is C22H23N3O4S. The van der Waals surface area contributed by atoms with Gasteiger partial charge in [0, 0.05) is 25.0 Å². The SMILES string of the molecule is COc1cccc(N(CC(=O)NCc2cccnc2)S(=O)(=O)c2ccc(C)cc2)c1. The van der Waals surface area contributed by atoms with Crippen molar-refractivity contribution in [3.05, 3.63) is 84.2 Å². The molecule has 156 valence electrons. The predicted octanol–water partition coefficient (Wildman–Crippen LogP) is 2.91. The number of hydrogen-bond donors (Lipinski definition) is 1. The predicted molar refractivity (Wildman–Crippen MR) is 115 cm³/mol. The van der Waals surface area contributed by atoms with Crippen molar-refractivity contribution in [2.45, 2.75) is 18.4 Å². The Hall–Kier alpha value is -3.39. The molecule has 0 spiro atoms. The van der Waals surface area contributed by atoms with Crippen LogP contribution in [-0.4, -0.2) is 33.0 Å². The number of aryl methyl sites for hydroxylation is 1.